The maximum absolute atomic E-state index is 12.9. The summed E-state index contributed by atoms with van der Waals surface area (Å²) in [5.74, 6) is -0.885. The highest BCUT2D eigenvalue weighted by Gasteiger charge is 2.23. The molecule has 2 rings (SSSR count). The SMILES string of the molecule is O=C(NCC1CCCCC1O)c1ccnc(F)c1. The van der Waals surface area contributed by atoms with E-state index in [0.29, 0.717) is 6.54 Å². The molecule has 0 aliphatic heterocycles. The van der Waals surface area contributed by atoms with Gasteiger partial charge in [-0.1, -0.05) is 12.8 Å². The number of hydrogen-bond acceptors (Lipinski definition) is 3. The van der Waals surface area contributed by atoms with Crippen molar-refractivity contribution < 1.29 is 14.3 Å². The molecule has 5 heteroatoms. The number of hydrogen-bond donors (Lipinski definition) is 2. The third-order valence-corrected chi connectivity index (χ3v) is 3.38. The number of carbonyl (C=O) groups excluding carboxylic acids is 1. The molecule has 98 valence electrons. The zero-order chi connectivity index (χ0) is 13.0. The fourth-order valence-electron chi connectivity index (χ4n) is 2.30. The second kappa shape index (κ2) is 5.91. The van der Waals surface area contributed by atoms with E-state index in [1.807, 2.05) is 0 Å². The first-order valence-corrected chi connectivity index (χ1v) is 6.24. The first kappa shape index (κ1) is 13.0. The van der Waals surface area contributed by atoms with E-state index in [4.69, 9.17) is 0 Å². The summed E-state index contributed by atoms with van der Waals surface area (Å²) in [6, 6.07) is 2.57. The van der Waals surface area contributed by atoms with E-state index in [1.165, 1.54) is 12.3 Å². The zero-order valence-electron chi connectivity index (χ0n) is 10.1. The summed E-state index contributed by atoms with van der Waals surface area (Å²) in [4.78, 5) is 15.2. The molecule has 0 bridgehead atoms. The van der Waals surface area contributed by atoms with Gasteiger partial charge in [0.2, 0.25) is 5.95 Å². The predicted molar refractivity (Wildman–Crippen MR) is 64.5 cm³/mol. The number of rotatable bonds is 3. The number of halogens is 1. The standard InChI is InChI=1S/C13H17FN2O2/c14-12-7-9(5-6-15-12)13(18)16-8-10-3-1-2-4-11(10)17/h5-7,10-11,17H,1-4,8H2,(H,16,18). The second-order valence-corrected chi connectivity index (χ2v) is 4.69. The molecule has 2 atom stereocenters. The average Bonchev–Trinajstić information content (AvgIpc) is 2.37. The largest absolute Gasteiger partial charge is 0.393 e. The van der Waals surface area contributed by atoms with Gasteiger partial charge in [0.1, 0.15) is 0 Å². The average molecular weight is 252 g/mol. The van der Waals surface area contributed by atoms with Gasteiger partial charge in [-0.2, -0.15) is 4.39 Å². The highest BCUT2D eigenvalue weighted by molar-refractivity contribution is 5.93. The minimum Gasteiger partial charge on any atom is -0.393 e. The van der Waals surface area contributed by atoms with Gasteiger partial charge in [-0.25, -0.2) is 4.98 Å². The number of aromatic nitrogens is 1. The Labute approximate surface area is 105 Å². The highest BCUT2D eigenvalue weighted by Crippen LogP contribution is 2.23. The number of nitrogens with zero attached hydrogens (tertiary/aromatic N) is 1. The van der Waals surface area contributed by atoms with Gasteiger partial charge >= 0.3 is 0 Å². The van der Waals surface area contributed by atoms with Crippen molar-refractivity contribution in [2.75, 3.05) is 6.54 Å². The van der Waals surface area contributed by atoms with Crippen LogP contribution in [0.1, 0.15) is 36.0 Å². The van der Waals surface area contributed by atoms with Crippen LogP contribution in [0.5, 0.6) is 0 Å². The topological polar surface area (TPSA) is 62.2 Å². The third-order valence-electron chi connectivity index (χ3n) is 3.38. The summed E-state index contributed by atoms with van der Waals surface area (Å²) in [5, 5.41) is 12.5. The van der Waals surface area contributed by atoms with E-state index in [1.54, 1.807) is 0 Å². The van der Waals surface area contributed by atoms with Crippen LogP contribution in [-0.2, 0) is 0 Å². The summed E-state index contributed by atoms with van der Waals surface area (Å²) in [7, 11) is 0. The van der Waals surface area contributed by atoms with E-state index in [9.17, 15) is 14.3 Å². The molecule has 1 aromatic rings. The van der Waals surface area contributed by atoms with Crippen molar-refractivity contribution in [3.8, 4) is 0 Å². The van der Waals surface area contributed by atoms with Crippen LogP contribution in [0.15, 0.2) is 18.3 Å². The van der Waals surface area contributed by atoms with Gasteiger partial charge in [0.25, 0.3) is 5.91 Å². The molecular weight excluding hydrogens is 235 g/mol. The van der Waals surface area contributed by atoms with Gasteiger partial charge < -0.3 is 10.4 Å². The Bertz CT molecular complexity index is 425. The monoisotopic (exact) mass is 252 g/mol. The molecule has 1 amide bonds. The molecule has 1 aromatic heterocycles. The fraction of sp³-hybridized carbons (Fsp3) is 0.538. The van der Waals surface area contributed by atoms with Gasteiger partial charge in [-0.05, 0) is 18.9 Å². The van der Waals surface area contributed by atoms with Gasteiger partial charge in [0.05, 0.1) is 6.10 Å². The Hall–Kier alpha value is -1.49. The van der Waals surface area contributed by atoms with Gasteiger partial charge in [-0.3, -0.25) is 4.79 Å². The van der Waals surface area contributed by atoms with E-state index < -0.39 is 5.95 Å². The predicted octanol–water partition coefficient (Wildman–Crippen LogP) is 1.50. The quantitative estimate of drug-likeness (QED) is 0.801. The van der Waals surface area contributed by atoms with Crippen LogP contribution in [0.4, 0.5) is 4.39 Å². The summed E-state index contributed by atoms with van der Waals surface area (Å²) in [6.07, 6.45) is 4.77. The number of amides is 1. The number of aliphatic hydroxyl groups is 1. The van der Waals surface area contributed by atoms with Crippen molar-refractivity contribution in [3.05, 3.63) is 29.8 Å². The molecule has 1 aliphatic carbocycles. The van der Waals surface area contributed by atoms with Crippen LogP contribution in [0.2, 0.25) is 0 Å². The Kier molecular flexibility index (Phi) is 4.25. The van der Waals surface area contributed by atoms with Crippen molar-refractivity contribution >= 4 is 5.91 Å². The van der Waals surface area contributed by atoms with Crippen LogP contribution in [-0.4, -0.2) is 28.6 Å². The van der Waals surface area contributed by atoms with E-state index in [0.717, 1.165) is 31.7 Å². The first-order chi connectivity index (χ1) is 8.66. The Morgan fingerprint density at radius 1 is 1.50 bits per heavy atom. The Morgan fingerprint density at radius 3 is 3.00 bits per heavy atom. The molecule has 0 saturated heterocycles. The normalized spacial score (nSPS) is 23.7. The molecule has 0 aromatic carbocycles. The number of pyridine rings is 1. The number of carbonyl (C=O) groups is 1. The van der Waals surface area contributed by atoms with Crippen LogP contribution >= 0.6 is 0 Å². The summed E-state index contributed by atoms with van der Waals surface area (Å²) >= 11 is 0. The molecule has 1 fully saturated rings. The summed E-state index contributed by atoms with van der Waals surface area (Å²) in [6.45, 7) is 0.434. The van der Waals surface area contributed by atoms with Crippen LogP contribution < -0.4 is 5.32 Å². The lowest BCUT2D eigenvalue weighted by Crippen LogP contribution is -2.36. The zero-order valence-corrected chi connectivity index (χ0v) is 10.1. The van der Waals surface area contributed by atoms with Crippen LogP contribution in [0, 0.1) is 11.9 Å². The van der Waals surface area contributed by atoms with Crippen molar-refractivity contribution in [2.45, 2.75) is 31.8 Å². The molecule has 1 heterocycles. The van der Waals surface area contributed by atoms with Crippen molar-refractivity contribution in [3.63, 3.8) is 0 Å². The first-order valence-electron chi connectivity index (χ1n) is 6.24. The van der Waals surface area contributed by atoms with Gasteiger partial charge in [0, 0.05) is 30.3 Å². The second-order valence-electron chi connectivity index (χ2n) is 4.69. The molecular formula is C13H17FN2O2. The lowest BCUT2D eigenvalue weighted by atomic mass is 9.86. The lowest BCUT2D eigenvalue weighted by molar-refractivity contribution is 0.0662. The maximum Gasteiger partial charge on any atom is 0.251 e. The van der Waals surface area contributed by atoms with Crippen LogP contribution in [0.3, 0.4) is 0 Å². The lowest BCUT2D eigenvalue weighted by Gasteiger charge is -2.27. The fourth-order valence-corrected chi connectivity index (χ4v) is 2.30. The summed E-state index contributed by atoms with van der Waals surface area (Å²) in [5.41, 5.74) is 0.257. The van der Waals surface area contributed by atoms with E-state index in [-0.39, 0.29) is 23.5 Å². The minimum atomic E-state index is -0.666. The summed E-state index contributed by atoms with van der Waals surface area (Å²) < 4.78 is 12.9. The van der Waals surface area contributed by atoms with Crippen molar-refractivity contribution in [2.24, 2.45) is 5.92 Å². The van der Waals surface area contributed by atoms with E-state index in [2.05, 4.69) is 10.3 Å². The van der Waals surface area contributed by atoms with E-state index >= 15 is 0 Å². The van der Waals surface area contributed by atoms with Crippen molar-refractivity contribution in [1.82, 2.24) is 10.3 Å². The third kappa shape index (κ3) is 3.26. The molecule has 0 radical (unpaired) electrons. The maximum atomic E-state index is 12.9. The highest BCUT2D eigenvalue weighted by atomic mass is 19.1. The van der Waals surface area contributed by atoms with Gasteiger partial charge in [0.15, 0.2) is 0 Å². The minimum absolute atomic E-state index is 0.106. The van der Waals surface area contributed by atoms with Crippen molar-refractivity contribution in [1.29, 1.82) is 0 Å². The molecule has 2 N–H and O–H groups in total. The van der Waals surface area contributed by atoms with Gasteiger partial charge in [-0.15, -0.1) is 0 Å². The Morgan fingerprint density at radius 2 is 2.28 bits per heavy atom. The molecule has 4 nitrogen and oxygen atoms in total. The molecule has 18 heavy (non-hydrogen) atoms. The molecule has 2 unspecified atom stereocenters. The molecule has 0 spiro atoms. The number of nitrogens with one attached hydrogen (secondary N) is 1. The van der Waals surface area contributed by atoms with Crippen LogP contribution in [0.25, 0.3) is 0 Å². The molecule has 1 aliphatic rings. The molecule has 1 saturated carbocycles. The Balaban J connectivity index is 1.88. The smallest absolute Gasteiger partial charge is 0.251 e. The number of aliphatic hydroxyl groups excluding tert-OH is 1.